The topological polar surface area (TPSA) is 84.3 Å². The number of nitrogens with one attached hydrogen (secondary N) is 2. The van der Waals surface area contributed by atoms with E-state index in [4.69, 9.17) is 23.2 Å². The van der Waals surface area contributed by atoms with Gasteiger partial charge in [0.25, 0.3) is 5.69 Å². The summed E-state index contributed by atoms with van der Waals surface area (Å²) in [6.07, 6.45) is 0. The first-order valence-electron chi connectivity index (χ1n) is 7.96. The average molecular weight is 434 g/mol. The summed E-state index contributed by atoms with van der Waals surface area (Å²) >= 11 is 13.2. The van der Waals surface area contributed by atoms with Crippen molar-refractivity contribution in [3.8, 4) is 0 Å². The van der Waals surface area contributed by atoms with Crippen molar-refractivity contribution in [2.45, 2.75) is 9.79 Å². The Bertz CT molecular complexity index is 1010. The number of anilines is 2. The molecule has 0 unspecified atom stereocenters. The van der Waals surface area contributed by atoms with Crippen LogP contribution in [0.25, 0.3) is 0 Å². The largest absolute Gasteiger partial charge is 0.323 e. The van der Waals surface area contributed by atoms with Gasteiger partial charge in [0, 0.05) is 33.3 Å². The molecule has 0 aromatic heterocycles. The molecule has 6 nitrogen and oxygen atoms in total. The lowest BCUT2D eigenvalue weighted by molar-refractivity contribution is -0.384. The Kier molecular flexibility index (Phi) is 6.41. The SMILES string of the molecule is O=C(Nc1ccc(Sc2ccc([N+](=O)[O-])cc2)cc1)Nc1ccc(Cl)c(Cl)c1. The molecule has 0 aliphatic heterocycles. The molecule has 3 aromatic carbocycles. The minimum Gasteiger partial charge on any atom is -0.308 e. The number of carbonyl (C=O) groups excluding carboxylic acids is 1. The van der Waals surface area contributed by atoms with Crippen molar-refractivity contribution in [1.29, 1.82) is 0 Å². The van der Waals surface area contributed by atoms with E-state index in [1.54, 1.807) is 42.5 Å². The van der Waals surface area contributed by atoms with Gasteiger partial charge in [-0.05, 0) is 54.6 Å². The predicted octanol–water partition coefficient (Wildman–Crippen LogP) is 6.70. The van der Waals surface area contributed by atoms with E-state index in [1.807, 2.05) is 12.1 Å². The second-order valence-corrected chi connectivity index (χ2v) is 7.55. The van der Waals surface area contributed by atoms with Crippen molar-refractivity contribution in [2.75, 3.05) is 10.6 Å². The molecule has 9 heteroatoms. The molecule has 2 N–H and O–H groups in total. The molecule has 0 aliphatic carbocycles. The Balaban J connectivity index is 1.58. The van der Waals surface area contributed by atoms with Crippen LogP contribution in [0.15, 0.2) is 76.5 Å². The maximum absolute atomic E-state index is 12.1. The molecule has 142 valence electrons. The number of hydrogen-bond donors (Lipinski definition) is 2. The smallest absolute Gasteiger partial charge is 0.308 e. The Morgan fingerprint density at radius 2 is 1.36 bits per heavy atom. The third-order valence-electron chi connectivity index (χ3n) is 3.57. The van der Waals surface area contributed by atoms with Gasteiger partial charge in [-0.3, -0.25) is 10.1 Å². The monoisotopic (exact) mass is 433 g/mol. The molecule has 0 heterocycles. The molecule has 0 radical (unpaired) electrons. The van der Waals surface area contributed by atoms with Gasteiger partial charge in [0.15, 0.2) is 0 Å². The van der Waals surface area contributed by atoms with E-state index in [2.05, 4.69) is 10.6 Å². The standard InChI is InChI=1S/C19H13Cl2N3O3S/c20-17-10-3-13(11-18(17)21)23-19(25)22-12-1-6-15(7-2-12)28-16-8-4-14(5-9-16)24(26)27/h1-11H,(H2,22,23,25). The summed E-state index contributed by atoms with van der Waals surface area (Å²) in [5.74, 6) is 0. The molecule has 3 rings (SSSR count). The Morgan fingerprint density at radius 3 is 1.93 bits per heavy atom. The lowest BCUT2D eigenvalue weighted by atomic mass is 10.3. The normalized spacial score (nSPS) is 10.4. The van der Waals surface area contributed by atoms with Crippen LogP contribution in [-0.4, -0.2) is 11.0 Å². The highest BCUT2D eigenvalue weighted by molar-refractivity contribution is 7.99. The van der Waals surface area contributed by atoms with E-state index in [-0.39, 0.29) is 5.69 Å². The zero-order valence-electron chi connectivity index (χ0n) is 14.2. The minimum atomic E-state index is -0.433. The van der Waals surface area contributed by atoms with Crippen LogP contribution in [0.2, 0.25) is 10.0 Å². The number of urea groups is 1. The van der Waals surface area contributed by atoms with Gasteiger partial charge in [-0.25, -0.2) is 4.79 Å². The fourth-order valence-corrected chi connectivity index (χ4v) is 3.36. The molecule has 0 atom stereocenters. The van der Waals surface area contributed by atoms with Crippen LogP contribution in [0, 0.1) is 10.1 Å². The van der Waals surface area contributed by atoms with E-state index < -0.39 is 11.0 Å². The van der Waals surface area contributed by atoms with Crippen molar-refractivity contribution >= 4 is 58.1 Å². The Hall–Kier alpha value is -2.74. The summed E-state index contributed by atoms with van der Waals surface area (Å²) in [4.78, 5) is 24.2. The zero-order chi connectivity index (χ0) is 20.1. The first-order valence-corrected chi connectivity index (χ1v) is 9.53. The van der Waals surface area contributed by atoms with Crippen molar-refractivity contribution < 1.29 is 9.72 Å². The van der Waals surface area contributed by atoms with Gasteiger partial charge < -0.3 is 10.6 Å². The molecule has 2 amide bonds. The fourth-order valence-electron chi connectivity index (χ4n) is 2.25. The summed E-state index contributed by atoms with van der Waals surface area (Å²) in [6, 6.07) is 18.0. The van der Waals surface area contributed by atoms with E-state index in [1.165, 1.54) is 23.9 Å². The lowest BCUT2D eigenvalue weighted by Gasteiger charge is -2.09. The number of nitro benzene ring substituents is 1. The van der Waals surface area contributed by atoms with Gasteiger partial charge in [0.2, 0.25) is 0 Å². The summed E-state index contributed by atoms with van der Waals surface area (Å²) < 4.78 is 0. The summed E-state index contributed by atoms with van der Waals surface area (Å²) in [6.45, 7) is 0. The van der Waals surface area contributed by atoms with Crippen LogP contribution < -0.4 is 10.6 Å². The van der Waals surface area contributed by atoms with Gasteiger partial charge >= 0.3 is 6.03 Å². The van der Waals surface area contributed by atoms with Crippen molar-refractivity contribution in [3.05, 3.63) is 86.9 Å². The second kappa shape index (κ2) is 8.97. The summed E-state index contributed by atoms with van der Waals surface area (Å²) in [7, 11) is 0. The predicted molar refractivity (Wildman–Crippen MR) is 113 cm³/mol. The molecule has 3 aromatic rings. The number of halogens is 2. The highest BCUT2D eigenvalue weighted by Gasteiger charge is 2.07. The van der Waals surface area contributed by atoms with Crippen LogP contribution >= 0.6 is 35.0 Å². The van der Waals surface area contributed by atoms with E-state index >= 15 is 0 Å². The van der Waals surface area contributed by atoms with E-state index in [9.17, 15) is 14.9 Å². The quantitative estimate of drug-likeness (QED) is 0.346. The third kappa shape index (κ3) is 5.39. The van der Waals surface area contributed by atoms with Crippen LogP contribution in [-0.2, 0) is 0 Å². The van der Waals surface area contributed by atoms with Crippen molar-refractivity contribution in [1.82, 2.24) is 0 Å². The van der Waals surface area contributed by atoms with Gasteiger partial charge in [-0.1, -0.05) is 35.0 Å². The number of amides is 2. The molecule has 0 fully saturated rings. The molecular weight excluding hydrogens is 421 g/mol. The highest BCUT2D eigenvalue weighted by Crippen LogP contribution is 2.30. The van der Waals surface area contributed by atoms with Gasteiger partial charge in [0.05, 0.1) is 15.0 Å². The zero-order valence-corrected chi connectivity index (χ0v) is 16.5. The maximum Gasteiger partial charge on any atom is 0.323 e. The van der Waals surface area contributed by atoms with Crippen LogP contribution in [0.5, 0.6) is 0 Å². The number of rotatable bonds is 5. The number of benzene rings is 3. The van der Waals surface area contributed by atoms with Crippen LogP contribution in [0.3, 0.4) is 0 Å². The van der Waals surface area contributed by atoms with Gasteiger partial charge in [-0.15, -0.1) is 0 Å². The minimum absolute atomic E-state index is 0.0527. The van der Waals surface area contributed by atoms with Crippen molar-refractivity contribution in [3.63, 3.8) is 0 Å². The first-order chi connectivity index (χ1) is 13.4. The first kappa shape index (κ1) is 20.0. The van der Waals surface area contributed by atoms with E-state index in [0.29, 0.717) is 21.4 Å². The van der Waals surface area contributed by atoms with E-state index in [0.717, 1.165) is 9.79 Å². The number of nitro groups is 1. The maximum atomic E-state index is 12.1. The molecule has 28 heavy (non-hydrogen) atoms. The Labute approximate surface area is 175 Å². The fraction of sp³-hybridized carbons (Fsp3) is 0. The molecule has 0 bridgehead atoms. The molecule has 0 saturated heterocycles. The van der Waals surface area contributed by atoms with Gasteiger partial charge in [-0.2, -0.15) is 0 Å². The van der Waals surface area contributed by atoms with Crippen molar-refractivity contribution in [2.24, 2.45) is 0 Å². The van der Waals surface area contributed by atoms with Crippen LogP contribution in [0.1, 0.15) is 0 Å². The second-order valence-electron chi connectivity index (χ2n) is 5.59. The third-order valence-corrected chi connectivity index (χ3v) is 5.33. The molecule has 0 saturated carbocycles. The number of non-ortho nitro benzene ring substituents is 1. The molecule has 0 spiro atoms. The van der Waals surface area contributed by atoms with Crippen LogP contribution in [0.4, 0.5) is 21.9 Å². The number of hydrogen-bond acceptors (Lipinski definition) is 4. The summed E-state index contributed by atoms with van der Waals surface area (Å²) in [5.41, 5.74) is 1.19. The van der Waals surface area contributed by atoms with Gasteiger partial charge in [0.1, 0.15) is 0 Å². The number of carbonyl (C=O) groups is 1. The lowest BCUT2D eigenvalue weighted by Crippen LogP contribution is -2.19. The molecular formula is C19H13Cl2N3O3S. The summed E-state index contributed by atoms with van der Waals surface area (Å²) in [5, 5.41) is 16.9. The highest BCUT2D eigenvalue weighted by atomic mass is 35.5. The Morgan fingerprint density at radius 1 is 0.821 bits per heavy atom. The molecule has 0 aliphatic rings. The average Bonchev–Trinajstić information content (AvgIpc) is 2.67. The number of nitrogens with zero attached hydrogens (tertiary/aromatic N) is 1.